The number of hydrogen-bond donors (Lipinski definition) is 0. The Kier molecular flexibility index (Phi) is 6.38. The molecule has 0 N–H and O–H groups in total. The molecule has 1 atom stereocenters. The second kappa shape index (κ2) is 9.58. The van der Waals surface area contributed by atoms with Gasteiger partial charge in [0.05, 0.1) is 16.8 Å². The molecule has 1 aliphatic heterocycles. The molecule has 2 heterocycles. The Hall–Kier alpha value is -4.65. The summed E-state index contributed by atoms with van der Waals surface area (Å²) in [5.74, 6) is -1.45. The van der Waals surface area contributed by atoms with Crippen molar-refractivity contribution in [1.29, 1.82) is 0 Å². The molecule has 200 valence electrons. The van der Waals surface area contributed by atoms with E-state index in [1.807, 2.05) is 0 Å². The zero-order chi connectivity index (χ0) is 27.9. The number of ether oxygens (including phenoxy) is 1. The van der Waals surface area contributed by atoms with E-state index in [0.29, 0.717) is 22.6 Å². The number of aromatic nitrogens is 3. The number of benzene rings is 3. The predicted molar refractivity (Wildman–Crippen MR) is 125 cm³/mol. The Morgan fingerprint density at radius 1 is 0.821 bits per heavy atom. The largest absolute Gasteiger partial charge is 0.499 e. The van der Waals surface area contributed by atoms with Crippen LogP contribution >= 0.6 is 0 Å². The highest BCUT2D eigenvalue weighted by molar-refractivity contribution is 6.20. The molecule has 1 aliphatic rings. The van der Waals surface area contributed by atoms with Gasteiger partial charge in [0, 0.05) is 5.56 Å². The second-order valence-electron chi connectivity index (χ2n) is 8.44. The molecular weight excluding hydrogens is 527 g/mol. The van der Waals surface area contributed by atoms with Crippen LogP contribution in [0.4, 0.5) is 22.0 Å². The van der Waals surface area contributed by atoms with Crippen molar-refractivity contribution in [3.05, 3.63) is 95.8 Å². The number of fused-ring (bicyclic) bond motifs is 1. The lowest BCUT2D eigenvalue weighted by molar-refractivity contribution is -0.360. The monoisotopic (exact) mass is 544 g/mol. The maximum absolute atomic E-state index is 13.1. The third kappa shape index (κ3) is 4.95. The van der Waals surface area contributed by atoms with Gasteiger partial charge in [-0.2, -0.15) is 22.0 Å². The van der Waals surface area contributed by atoms with Gasteiger partial charge in [0.25, 0.3) is 11.8 Å². The number of hydroxylamine groups is 2. The van der Waals surface area contributed by atoms with Gasteiger partial charge in [-0.05, 0) is 48.9 Å². The number of hydrogen-bond acceptors (Lipinski definition) is 6. The van der Waals surface area contributed by atoms with E-state index in [9.17, 15) is 31.5 Å². The van der Waals surface area contributed by atoms with Crippen molar-refractivity contribution in [3.63, 3.8) is 0 Å². The van der Waals surface area contributed by atoms with Crippen LogP contribution in [0, 0.1) is 0 Å². The van der Waals surface area contributed by atoms with Gasteiger partial charge in [-0.15, -0.1) is 10.2 Å². The first-order valence-electron chi connectivity index (χ1n) is 11.4. The maximum atomic E-state index is 13.1. The summed E-state index contributed by atoms with van der Waals surface area (Å²) in [6.45, 7) is 1.68. The average Bonchev–Trinajstić information content (AvgIpc) is 3.49. The highest BCUT2D eigenvalue weighted by Crippen LogP contribution is 2.37. The molecule has 3 aromatic carbocycles. The molecule has 5 rings (SSSR count). The van der Waals surface area contributed by atoms with Gasteiger partial charge in [-0.25, -0.2) is 9.67 Å². The smallest absolute Gasteiger partial charge is 0.426 e. The predicted octanol–water partition coefficient (Wildman–Crippen LogP) is 5.76. The molecule has 2 amide bonds. The molecule has 0 saturated heterocycles. The highest BCUT2D eigenvalue weighted by atomic mass is 19.4. The van der Waals surface area contributed by atoms with Gasteiger partial charge in [0.15, 0.2) is 5.82 Å². The summed E-state index contributed by atoms with van der Waals surface area (Å²) >= 11 is 0. The fourth-order valence-corrected chi connectivity index (χ4v) is 3.78. The van der Waals surface area contributed by atoms with Crippen LogP contribution in [0.1, 0.15) is 39.3 Å². The summed E-state index contributed by atoms with van der Waals surface area (Å²) in [4.78, 5) is 34.9. The first kappa shape index (κ1) is 26.0. The molecule has 8 nitrogen and oxygen atoms in total. The van der Waals surface area contributed by atoms with E-state index >= 15 is 0 Å². The van der Waals surface area contributed by atoms with E-state index in [1.54, 1.807) is 55.5 Å². The normalized spacial score (nSPS) is 14.5. The van der Waals surface area contributed by atoms with Crippen molar-refractivity contribution in [3.8, 4) is 22.8 Å². The Bertz CT molecular complexity index is 1500. The molecule has 1 unspecified atom stereocenters. The summed E-state index contributed by atoms with van der Waals surface area (Å²) in [6, 6.07) is 17.7. The molecule has 39 heavy (non-hydrogen) atoms. The topological polar surface area (TPSA) is 86.6 Å². The lowest BCUT2D eigenvalue weighted by Gasteiger charge is -2.20. The zero-order valence-electron chi connectivity index (χ0n) is 19.9. The number of carbonyl (C=O) groups is 2. The molecular formula is C26H17F5N4O4. The third-order valence-corrected chi connectivity index (χ3v) is 5.83. The minimum atomic E-state index is -5.85. The first-order chi connectivity index (χ1) is 18.4. The van der Waals surface area contributed by atoms with E-state index < -0.39 is 36.0 Å². The molecule has 0 aliphatic carbocycles. The summed E-state index contributed by atoms with van der Waals surface area (Å²) in [7, 11) is 0. The van der Waals surface area contributed by atoms with Gasteiger partial charge in [0.2, 0.25) is 0 Å². The SMILES string of the molecule is CC(ON1C(=O)c2ccccc2C1=O)c1ccc(-c2ncn(-c3ccc(OC(F)(F)C(F)(F)F)cc3)n2)cc1. The molecule has 13 heteroatoms. The van der Waals surface area contributed by atoms with Gasteiger partial charge < -0.3 is 4.74 Å². The molecule has 0 radical (unpaired) electrons. The minimum absolute atomic E-state index is 0.271. The number of alkyl halides is 5. The fourth-order valence-electron chi connectivity index (χ4n) is 3.78. The summed E-state index contributed by atoms with van der Waals surface area (Å²) in [6.07, 6.45) is -10.5. The van der Waals surface area contributed by atoms with Gasteiger partial charge in [0.1, 0.15) is 18.2 Å². The molecule has 4 aromatic rings. The Morgan fingerprint density at radius 3 is 1.97 bits per heavy atom. The van der Waals surface area contributed by atoms with Crippen molar-refractivity contribution in [2.75, 3.05) is 0 Å². The number of nitrogens with zero attached hydrogens (tertiary/aromatic N) is 4. The van der Waals surface area contributed by atoms with E-state index in [4.69, 9.17) is 4.84 Å². The number of halogens is 5. The Labute approximate surface area is 217 Å². The quantitative estimate of drug-likeness (QED) is 0.217. The van der Waals surface area contributed by atoms with Crippen LogP contribution in [0.25, 0.3) is 17.1 Å². The minimum Gasteiger partial charge on any atom is -0.426 e. The van der Waals surface area contributed by atoms with Crippen LogP contribution in [0.15, 0.2) is 79.1 Å². The Morgan fingerprint density at radius 2 is 1.41 bits per heavy atom. The van der Waals surface area contributed by atoms with Crippen LogP contribution in [0.2, 0.25) is 0 Å². The van der Waals surface area contributed by atoms with Crippen molar-refractivity contribution < 1.29 is 41.1 Å². The fraction of sp³-hybridized carbons (Fsp3) is 0.154. The molecule has 1 aromatic heterocycles. The number of amides is 2. The van der Waals surface area contributed by atoms with Crippen molar-refractivity contribution >= 4 is 11.8 Å². The number of rotatable bonds is 7. The zero-order valence-corrected chi connectivity index (χ0v) is 19.9. The van der Waals surface area contributed by atoms with Crippen LogP contribution in [0.3, 0.4) is 0 Å². The molecule has 0 saturated carbocycles. The number of carbonyl (C=O) groups excluding carboxylic acids is 2. The first-order valence-corrected chi connectivity index (χ1v) is 11.4. The maximum Gasteiger partial charge on any atom is 0.499 e. The van der Waals surface area contributed by atoms with Crippen molar-refractivity contribution in [2.45, 2.75) is 25.3 Å². The average molecular weight is 544 g/mol. The lowest BCUT2D eigenvalue weighted by atomic mass is 10.1. The van der Waals surface area contributed by atoms with Crippen LogP contribution < -0.4 is 4.74 Å². The molecule has 0 bridgehead atoms. The summed E-state index contributed by atoms with van der Waals surface area (Å²) < 4.78 is 68.3. The van der Waals surface area contributed by atoms with E-state index in [-0.39, 0.29) is 11.1 Å². The lowest BCUT2D eigenvalue weighted by Crippen LogP contribution is -2.41. The van der Waals surface area contributed by atoms with E-state index in [1.165, 1.54) is 23.1 Å². The molecule has 0 fully saturated rings. The van der Waals surface area contributed by atoms with Crippen molar-refractivity contribution in [1.82, 2.24) is 19.8 Å². The van der Waals surface area contributed by atoms with Gasteiger partial charge in [-0.1, -0.05) is 36.4 Å². The highest BCUT2D eigenvalue weighted by Gasteiger charge is 2.61. The summed E-state index contributed by atoms with van der Waals surface area (Å²) in [5, 5.41) is 5.05. The van der Waals surface area contributed by atoms with Gasteiger partial charge >= 0.3 is 12.3 Å². The third-order valence-electron chi connectivity index (χ3n) is 5.83. The Balaban J connectivity index is 1.25. The van der Waals surface area contributed by atoms with Crippen LogP contribution in [0.5, 0.6) is 5.75 Å². The van der Waals surface area contributed by atoms with Crippen LogP contribution in [-0.4, -0.2) is 43.9 Å². The van der Waals surface area contributed by atoms with Crippen LogP contribution in [-0.2, 0) is 4.84 Å². The second-order valence-corrected chi connectivity index (χ2v) is 8.44. The van der Waals surface area contributed by atoms with E-state index in [2.05, 4.69) is 14.8 Å². The number of imide groups is 1. The molecule has 0 spiro atoms. The summed E-state index contributed by atoms with van der Waals surface area (Å²) in [5.41, 5.74) is 2.16. The van der Waals surface area contributed by atoms with E-state index in [0.717, 1.165) is 17.2 Å². The van der Waals surface area contributed by atoms with Gasteiger partial charge in [-0.3, -0.25) is 14.4 Å². The standard InChI is InChI=1S/C26H17F5N4O4/c1-15(39-35-23(36)20-4-2-3-5-21(20)24(35)37)16-6-8-17(9-7-16)22-32-14-34(33-22)18-10-12-19(13-11-18)38-26(30,31)25(27,28)29/h2-15H,1H3. The van der Waals surface area contributed by atoms with Crippen molar-refractivity contribution in [2.24, 2.45) is 0 Å².